The first-order chi connectivity index (χ1) is 9.29. The summed E-state index contributed by atoms with van der Waals surface area (Å²) in [6, 6.07) is 4.48. The van der Waals surface area contributed by atoms with Crippen LogP contribution in [0.1, 0.15) is 23.2 Å². The smallest absolute Gasteiger partial charge is 0.391 e. The Hall–Kier alpha value is -1.43. The lowest BCUT2D eigenvalue weighted by molar-refractivity contribution is -0.183. The quantitative estimate of drug-likeness (QED) is 0.809. The number of carbonyl (C=O) groups excluding carboxylic acids is 1. The minimum Gasteiger partial charge on any atom is -0.398 e. The van der Waals surface area contributed by atoms with Gasteiger partial charge in [0, 0.05) is 18.7 Å². The molecule has 1 saturated heterocycles. The Kier molecular flexibility index (Phi) is 4.13. The van der Waals surface area contributed by atoms with Crippen LogP contribution in [0.15, 0.2) is 18.2 Å². The Morgan fingerprint density at radius 1 is 1.30 bits per heavy atom. The number of nitrogen functional groups attached to an aromatic ring is 1. The molecular weight excluding hydrogens is 293 g/mol. The lowest BCUT2D eigenvalue weighted by atomic mass is 9.96. The van der Waals surface area contributed by atoms with Crippen LogP contribution < -0.4 is 5.73 Å². The molecule has 20 heavy (non-hydrogen) atoms. The Labute approximate surface area is 119 Å². The summed E-state index contributed by atoms with van der Waals surface area (Å²) < 4.78 is 37.7. The molecule has 0 unspecified atom stereocenters. The van der Waals surface area contributed by atoms with Gasteiger partial charge in [-0.3, -0.25) is 4.79 Å². The second-order valence-corrected chi connectivity index (χ2v) is 5.25. The normalized spacial score (nSPS) is 17.3. The highest BCUT2D eigenvalue weighted by atomic mass is 35.5. The highest BCUT2D eigenvalue weighted by Gasteiger charge is 2.41. The van der Waals surface area contributed by atoms with Crippen molar-refractivity contribution < 1.29 is 18.0 Å². The lowest BCUT2D eigenvalue weighted by Gasteiger charge is -2.33. The number of piperidine rings is 1. The molecule has 1 fully saturated rings. The first kappa shape index (κ1) is 15.0. The summed E-state index contributed by atoms with van der Waals surface area (Å²) in [5.41, 5.74) is 6.25. The van der Waals surface area contributed by atoms with E-state index in [0.717, 1.165) is 0 Å². The van der Waals surface area contributed by atoms with Gasteiger partial charge in [-0.15, -0.1) is 0 Å². The molecule has 2 N–H and O–H groups in total. The number of carbonyl (C=O) groups is 1. The highest BCUT2D eigenvalue weighted by Crippen LogP contribution is 2.34. The average Bonchev–Trinajstić information content (AvgIpc) is 2.40. The van der Waals surface area contributed by atoms with Crippen molar-refractivity contribution in [3.8, 4) is 0 Å². The lowest BCUT2D eigenvalue weighted by Crippen LogP contribution is -2.42. The second kappa shape index (κ2) is 5.52. The van der Waals surface area contributed by atoms with Crippen molar-refractivity contribution in [1.82, 2.24) is 4.90 Å². The average molecular weight is 307 g/mol. The minimum atomic E-state index is -4.18. The van der Waals surface area contributed by atoms with Crippen molar-refractivity contribution >= 4 is 23.2 Å². The number of halogens is 4. The van der Waals surface area contributed by atoms with E-state index in [1.54, 1.807) is 0 Å². The van der Waals surface area contributed by atoms with Crippen LogP contribution in [0.4, 0.5) is 18.9 Å². The van der Waals surface area contributed by atoms with E-state index in [1.807, 2.05) is 0 Å². The maximum atomic E-state index is 12.6. The van der Waals surface area contributed by atoms with Crippen LogP contribution in [0.2, 0.25) is 5.02 Å². The van der Waals surface area contributed by atoms with Gasteiger partial charge in [0.25, 0.3) is 5.91 Å². The summed E-state index contributed by atoms with van der Waals surface area (Å²) >= 11 is 5.84. The molecule has 110 valence electrons. The third-order valence-corrected chi connectivity index (χ3v) is 3.82. The number of anilines is 1. The van der Waals surface area contributed by atoms with Crippen LogP contribution in [0.25, 0.3) is 0 Å². The molecule has 0 radical (unpaired) electrons. The van der Waals surface area contributed by atoms with E-state index in [4.69, 9.17) is 17.3 Å². The Bertz CT molecular complexity index is 511. The SMILES string of the molecule is Nc1ccc(C(=O)N2CCC(C(F)(F)F)CC2)cc1Cl. The van der Waals surface area contributed by atoms with Crippen LogP contribution in [-0.2, 0) is 0 Å². The van der Waals surface area contributed by atoms with Gasteiger partial charge in [-0.05, 0) is 31.0 Å². The van der Waals surface area contributed by atoms with Crippen molar-refractivity contribution in [1.29, 1.82) is 0 Å². The van der Waals surface area contributed by atoms with Gasteiger partial charge < -0.3 is 10.6 Å². The maximum Gasteiger partial charge on any atom is 0.391 e. The Morgan fingerprint density at radius 3 is 2.40 bits per heavy atom. The van der Waals surface area contributed by atoms with Crippen LogP contribution in [0.3, 0.4) is 0 Å². The summed E-state index contributed by atoms with van der Waals surface area (Å²) in [5.74, 6) is -1.63. The number of benzene rings is 1. The molecule has 0 spiro atoms. The number of hydrogen-bond acceptors (Lipinski definition) is 2. The van der Waals surface area contributed by atoms with Crippen molar-refractivity contribution in [3.05, 3.63) is 28.8 Å². The zero-order valence-corrected chi connectivity index (χ0v) is 11.3. The molecule has 0 saturated carbocycles. The molecule has 1 amide bonds. The van der Waals surface area contributed by atoms with E-state index in [2.05, 4.69) is 0 Å². The maximum absolute atomic E-state index is 12.6. The fraction of sp³-hybridized carbons (Fsp3) is 0.462. The number of hydrogen-bond donors (Lipinski definition) is 1. The summed E-state index contributed by atoms with van der Waals surface area (Å²) in [5, 5.41) is 0.265. The Balaban J connectivity index is 2.03. The van der Waals surface area contributed by atoms with Crippen molar-refractivity contribution in [2.75, 3.05) is 18.8 Å². The molecule has 1 aliphatic heterocycles. The first-order valence-electron chi connectivity index (χ1n) is 6.20. The standard InChI is InChI=1S/C13H14ClF3N2O/c14-10-7-8(1-2-11(10)18)12(20)19-5-3-9(4-6-19)13(15,16)17/h1-2,7,9H,3-6,18H2. The molecule has 0 bridgehead atoms. The topological polar surface area (TPSA) is 46.3 Å². The van der Waals surface area contributed by atoms with Crippen LogP contribution in [0, 0.1) is 5.92 Å². The van der Waals surface area contributed by atoms with Gasteiger partial charge in [-0.2, -0.15) is 13.2 Å². The molecule has 2 rings (SSSR count). The van der Waals surface area contributed by atoms with E-state index in [-0.39, 0.29) is 36.9 Å². The largest absolute Gasteiger partial charge is 0.398 e. The zero-order valence-electron chi connectivity index (χ0n) is 10.6. The molecule has 1 aromatic rings. The first-order valence-corrected chi connectivity index (χ1v) is 6.58. The second-order valence-electron chi connectivity index (χ2n) is 4.84. The van der Waals surface area contributed by atoms with E-state index >= 15 is 0 Å². The molecule has 3 nitrogen and oxygen atoms in total. The van der Waals surface area contributed by atoms with Gasteiger partial charge >= 0.3 is 6.18 Å². The van der Waals surface area contributed by atoms with E-state index in [9.17, 15) is 18.0 Å². The van der Waals surface area contributed by atoms with Crippen LogP contribution in [-0.4, -0.2) is 30.1 Å². The van der Waals surface area contributed by atoms with Crippen LogP contribution >= 0.6 is 11.6 Å². The fourth-order valence-corrected chi connectivity index (χ4v) is 2.43. The van der Waals surface area contributed by atoms with E-state index < -0.39 is 12.1 Å². The summed E-state index contributed by atoms with van der Waals surface area (Å²) in [6.07, 6.45) is -4.30. The van der Waals surface area contributed by atoms with Gasteiger partial charge in [-0.25, -0.2) is 0 Å². The minimum absolute atomic E-state index is 0.0576. The van der Waals surface area contributed by atoms with Crippen LogP contribution in [0.5, 0.6) is 0 Å². The predicted octanol–water partition coefficient (Wildman–Crippen LogP) is 3.34. The van der Waals surface area contributed by atoms with Gasteiger partial charge in [0.05, 0.1) is 16.6 Å². The third-order valence-electron chi connectivity index (χ3n) is 3.49. The molecule has 1 aliphatic rings. The number of nitrogens with zero attached hydrogens (tertiary/aromatic N) is 1. The molecule has 0 atom stereocenters. The molecule has 0 aliphatic carbocycles. The van der Waals surface area contributed by atoms with Gasteiger partial charge in [-0.1, -0.05) is 11.6 Å². The summed E-state index contributed by atoms with van der Waals surface area (Å²) in [7, 11) is 0. The number of rotatable bonds is 1. The molecular formula is C13H14ClF3N2O. The summed E-state index contributed by atoms with van der Waals surface area (Å²) in [6.45, 7) is 0.204. The monoisotopic (exact) mass is 306 g/mol. The number of nitrogens with two attached hydrogens (primary N) is 1. The van der Waals surface area contributed by atoms with Crippen molar-refractivity contribution in [3.63, 3.8) is 0 Å². The number of amides is 1. The zero-order chi connectivity index (χ0) is 14.9. The van der Waals surface area contributed by atoms with Crippen molar-refractivity contribution in [2.45, 2.75) is 19.0 Å². The van der Waals surface area contributed by atoms with E-state index in [0.29, 0.717) is 11.3 Å². The van der Waals surface area contributed by atoms with Gasteiger partial charge in [0.15, 0.2) is 0 Å². The molecule has 7 heteroatoms. The molecule has 1 aromatic carbocycles. The van der Waals surface area contributed by atoms with Crippen molar-refractivity contribution in [2.24, 2.45) is 5.92 Å². The predicted molar refractivity (Wildman–Crippen MR) is 70.5 cm³/mol. The number of alkyl halides is 3. The Morgan fingerprint density at radius 2 is 1.90 bits per heavy atom. The third kappa shape index (κ3) is 3.17. The van der Waals surface area contributed by atoms with Gasteiger partial charge in [0.2, 0.25) is 0 Å². The number of likely N-dealkylation sites (tertiary alicyclic amines) is 1. The van der Waals surface area contributed by atoms with Gasteiger partial charge in [0.1, 0.15) is 0 Å². The fourth-order valence-electron chi connectivity index (χ4n) is 2.25. The summed E-state index contributed by atoms with van der Waals surface area (Å²) in [4.78, 5) is 13.6. The highest BCUT2D eigenvalue weighted by molar-refractivity contribution is 6.33. The molecule has 1 heterocycles. The molecule has 0 aromatic heterocycles. The van der Waals surface area contributed by atoms with E-state index in [1.165, 1.54) is 23.1 Å².